The van der Waals surface area contributed by atoms with Crippen LogP contribution in [0.5, 0.6) is 0 Å². The van der Waals surface area contributed by atoms with E-state index in [1.165, 1.54) is 13.3 Å². The van der Waals surface area contributed by atoms with Gasteiger partial charge in [0.05, 0.1) is 13.5 Å². The molecule has 0 spiro atoms. The fourth-order valence-corrected chi connectivity index (χ4v) is 0.901. The summed E-state index contributed by atoms with van der Waals surface area (Å²) in [6.45, 7) is 0. The standard InChI is InChI=1S/C7H8ClN3O2/c1-13-5(12)2-4-3-10-7(8)11-6(4)9/h3H,2H2,1H3,(H2,9,10,11). The van der Waals surface area contributed by atoms with Crippen LogP contribution in [-0.2, 0) is 16.0 Å². The second-order valence-electron chi connectivity index (χ2n) is 2.30. The van der Waals surface area contributed by atoms with Crippen LogP contribution in [0.1, 0.15) is 5.56 Å². The Kier molecular flexibility index (Phi) is 3.02. The minimum absolute atomic E-state index is 0.0551. The van der Waals surface area contributed by atoms with E-state index >= 15 is 0 Å². The number of carbonyl (C=O) groups excluding carboxylic acids is 1. The average Bonchev–Trinajstić information content (AvgIpc) is 2.09. The molecule has 0 unspecified atom stereocenters. The number of halogens is 1. The highest BCUT2D eigenvalue weighted by Gasteiger charge is 2.08. The Bertz CT molecular complexity index is 330. The number of nitrogen functional groups attached to an aromatic ring is 1. The predicted molar refractivity (Wildman–Crippen MR) is 47.2 cm³/mol. The minimum atomic E-state index is -0.391. The largest absolute Gasteiger partial charge is 0.469 e. The van der Waals surface area contributed by atoms with Crippen LogP contribution < -0.4 is 5.73 Å². The molecule has 0 saturated heterocycles. The number of hydrogen-bond acceptors (Lipinski definition) is 5. The maximum atomic E-state index is 10.9. The van der Waals surface area contributed by atoms with E-state index in [4.69, 9.17) is 17.3 Å². The van der Waals surface area contributed by atoms with Crippen molar-refractivity contribution in [3.63, 3.8) is 0 Å². The van der Waals surface area contributed by atoms with E-state index in [2.05, 4.69) is 14.7 Å². The van der Waals surface area contributed by atoms with Crippen LogP contribution in [0.3, 0.4) is 0 Å². The molecule has 0 radical (unpaired) electrons. The predicted octanol–water partition coefficient (Wildman–Crippen LogP) is 0.428. The van der Waals surface area contributed by atoms with Gasteiger partial charge in [-0.05, 0) is 11.6 Å². The van der Waals surface area contributed by atoms with E-state index in [-0.39, 0.29) is 17.5 Å². The molecule has 0 aliphatic heterocycles. The molecule has 0 fully saturated rings. The monoisotopic (exact) mass is 201 g/mol. The van der Waals surface area contributed by atoms with Crippen molar-refractivity contribution in [2.45, 2.75) is 6.42 Å². The number of ether oxygens (including phenoxy) is 1. The third-order valence-electron chi connectivity index (χ3n) is 1.43. The molecule has 1 rings (SSSR count). The summed E-state index contributed by atoms with van der Waals surface area (Å²) in [7, 11) is 1.30. The molecule has 1 aromatic heterocycles. The lowest BCUT2D eigenvalue weighted by Crippen LogP contribution is -2.08. The first kappa shape index (κ1) is 9.73. The Hall–Kier alpha value is -1.36. The Morgan fingerprint density at radius 2 is 2.46 bits per heavy atom. The zero-order valence-corrected chi connectivity index (χ0v) is 7.71. The van der Waals surface area contributed by atoms with Crippen LogP contribution in [-0.4, -0.2) is 23.0 Å². The molecule has 0 aromatic carbocycles. The van der Waals surface area contributed by atoms with Gasteiger partial charge in [-0.3, -0.25) is 4.79 Å². The number of methoxy groups -OCH3 is 1. The van der Waals surface area contributed by atoms with Gasteiger partial charge in [0.25, 0.3) is 0 Å². The third kappa shape index (κ3) is 2.55. The van der Waals surface area contributed by atoms with Gasteiger partial charge in [0.15, 0.2) is 0 Å². The summed E-state index contributed by atoms with van der Waals surface area (Å²) in [6, 6.07) is 0. The van der Waals surface area contributed by atoms with Gasteiger partial charge < -0.3 is 10.5 Å². The van der Waals surface area contributed by atoms with Crippen molar-refractivity contribution < 1.29 is 9.53 Å². The first-order chi connectivity index (χ1) is 6.13. The molecule has 0 amide bonds. The van der Waals surface area contributed by atoms with Crippen molar-refractivity contribution in [1.82, 2.24) is 9.97 Å². The van der Waals surface area contributed by atoms with E-state index in [1.54, 1.807) is 0 Å². The fraction of sp³-hybridized carbons (Fsp3) is 0.286. The highest BCUT2D eigenvalue weighted by atomic mass is 35.5. The molecule has 0 bridgehead atoms. The van der Waals surface area contributed by atoms with Gasteiger partial charge in [-0.15, -0.1) is 0 Å². The first-order valence-corrected chi connectivity index (χ1v) is 3.85. The number of carbonyl (C=O) groups is 1. The Morgan fingerprint density at radius 1 is 1.77 bits per heavy atom. The van der Waals surface area contributed by atoms with Crippen molar-refractivity contribution in [1.29, 1.82) is 0 Å². The molecule has 70 valence electrons. The number of aromatic nitrogens is 2. The number of esters is 1. The van der Waals surface area contributed by atoms with Gasteiger partial charge in [0.2, 0.25) is 5.28 Å². The van der Waals surface area contributed by atoms with Gasteiger partial charge in [-0.1, -0.05) is 0 Å². The molecule has 5 nitrogen and oxygen atoms in total. The molecule has 0 aliphatic rings. The summed E-state index contributed by atoms with van der Waals surface area (Å²) >= 11 is 5.47. The quantitative estimate of drug-likeness (QED) is 0.555. The van der Waals surface area contributed by atoms with Crippen LogP contribution in [0.4, 0.5) is 5.82 Å². The molecule has 6 heteroatoms. The number of rotatable bonds is 2. The van der Waals surface area contributed by atoms with Crippen molar-refractivity contribution >= 4 is 23.4 Å². The van der Waals surface area contributed by atoms with Crippen LogP contribution in [0.15, 0.2) is 6.20 Å². The lowest BCUT2D eigenvalue weighted by Gasteiger charge is -2.02. The lowest BCUT2D eigenvalue weighted by atomic mass is 10.2. The summed E-state index contributed by atoms with van der Waals surface area (Å²) in [4.78, 5) is 18.2. The van der Waals surface area contributed by atoms with Gasteiger partial charge in [0.1, 0.15) is 5.82 Å². The fourth-order valence-electron chi connectivity index (χ4n) is 0.761. The summed E-state index contributed by atoms with van der Waals surface area (Å²) in [6.07, 6.45) is 1.46. The number of nitrogens with zero attached hydrogens (tertiary/aromatic N) is 2. The van der Waals surface area contributed by atoms with E-state index in [0.717, 1.165) is 0 Å². The average molecular weight is 202 g/mol. The second kappa shape index (κ2) is 4.04. The van der Waals surface area contributed by atoms with E-state index in [9.17, 15) is 4.79 Å². The molecule has 13 heavy (non-hydrogen) atoms. The van der Waals surface area contributed by atoms with Crippen molar-refractivity contribution in [2.24, 2.45) is 0 Å². The highest BCUT2D eigenvalue weighted by molar-refractivity contribution is 6.28. The molecule has 0 saturated carbocycles. The van der Waals surface area contributed by atoms with Crippen LogP contribution in [0.2, 0.25) is 5.28 Å². The van der Waals surface area contributed by atoms with Gasteiger partial charge in [-0.2, -0.15) is 0 Å². The third-order valence-corrected chi connectivity index (χ3v) is 1.61. The Morgan fingerprint density at radius 3 is 3.00 bits per heavy atom. The number of nitrogens with two attached hydrogens (primary N) is 1. The molecular formula is C7H8ClN3O2. The summed E-state index contributed by atoms with van der Waals surface area (Å²) in [5.74, 6) is -0.192. The van der Waals surface area contributed by atoms with Crippen LogP contribution in [0, 0.1) is 0 Å². The first-order valence-electron chi connectivity index (χ1n) is 3.47. The number of anilines is 1. The normalized spacial score (nSPS) is 9.69. The maximum Gasteiger partial charge on any atom is 0.310 e. The molecule has 2 N–H and O–H groups in total. The van der Waals surface area contributed by atoms with E-state index < -0.39 is 5.97 Å². The molecule has 1 aromatic rings. The van der Waals surface area contributed by atoms with Gasteiger partial charge in [0, 0.05) is 11.8 Å². The minimum Gasteiger partial charge on any atom is -0.469 e. The van der Waals surface area contributed by atoms with Crippen LogP contribution >= 0.6 is 11.6 Å². The SMILES string of the molecule is COC(=O)Cc1cnc(Cl)nc1N. The maximum absolute atomic E-state index is 10.9. The van der Waals surface area contributed by atoms with Gasteiger partial charge in [-0.25, -0.2) is 9.97 Å². The van der Waals surface area contributed by atoms with Crippen molar-refractivity contribution in [3.05, 3.63) is 17.0 Å². The summed E-state index contributed by atoms with van der Waals surface area (Å²) in [5, 5.41) is 0.0612. The molecule has 1 heterocycles. The number of hydrogen-bond donors (Lipinski definition) is 1. The second-order valence-corrected chi connectivity index (χ2v) is 2.64. The lowest BCUT2D eigenvalue weighted by molar-refractivity contribution is -0.139. The smallest absolute Gasteiger partial charge is 0.310 e. The highest BCUT2D eigenvalue weighted by Crippen LogP contribution is 2.10. The Balaban J connectivity index is 2.83. The van der Waals surface area contributed by atoms with Gasteiger partial charge >= 0.3 is 5.97 Å². The van der Waals surface area contributed by atoms with Crippen molar-refractivity contribution in [2.75, 3.05) is 12.8 Å². The summed E-state index contributed by atoms with van der Waals surface area (Å²) in [5.41, 5.74) is 5.99. The molecule has 0 atom stereocenters. The zero-order valence-electron chi connectivity index (χ0n) is 6.95. The van der Waals surface area contributed by atoms with Crippen molar-refractivity contribution in [3.8, 4) is 0 Å². The summed E-state index contributed by atoms with van der Waals surface area (Å²) < 4.78 is 4.46. The molecular weight excluding hydrogens is 194 g/mol. The zero-order chi connectivity index (χ0) is 9.84. The van der Waals surface area contributed by atoms with Crippen LogP contribution in [0.25, 0.3) is 0 Å². The topological polar surface area (TPSA) is 78.1 Å². The molecule has 0 aliphatic carbocycles. The van der Waals surface area contributed by atoms with E-state index in [0.29, 0.717) is 5.56 Å². The Labute approximate surface area is 79.9 Å². The van der Waals surface area contributed by atoms with E-state index in [1.807, 2.05) is 0 Å².